The zero-order valence-electron chi connectivity index (χ0n) is 16.2. The molecule has 1 fully saturated rings. The molecule has 148 valence electrons. The molecule has 0 aliphatic heterocycles. The third kappa shape index (κ3) is 5.52. The molecule has 5 nitrogen and oxygen atoms in total. The molecule has 1 aliphatic carbocycles. The molecule has 2 aromatic carbocycles. The van der Waals surface area contributed by atoms with Crippen LogP contribution in [0.25, 0.3) is 0 Å². The average molecular weight is 400 g/mol. The number of ether oxygens (including phenoxy) is 2. The van der Waals surface area contributed by atoms with Crippen LogP contribution in [0.1, 0.15) is 43.0 Å². The van der Waals surface area contributed by atoms with E-state index in [1.54, 1.807) is 18.2 Å². The average Bonchev–Trinajstić information content (AvgIpc) is 3.20. The van der Waals surface area contributed by atoms with Crippen molar-refractivity contribution < 1.29 is 19.1 Å². The van der Waals surface area contributed by atoms with E-state index in [1.807, 2.05) is 36.0 Å². The van der Waals surface area contributed by atoms with Crippen molar-refractivity contribution in [3.63, 3.8) is 0 Å². The van der Waals surface area contributed by atoms with E-state index >= 15 is 0 Å². The van der Waals surface area contributed by atoms with Gasteiger partial charge in [-0.2, -0.15) is 0 Å². The van der Waals surface area contributed by atoms with Crippen LogP contribution >= 0.6 is 11.8 Å². The van der Waals surface area contributed by atoms with Crippen LogP contribution in [-0.4, -0.2) is 30.7 Å². The maximum Gasteiger partial charge on any atom is 0.262 e. The first-order chi connectivity index (χ1) is 13.5. The molecule has 2 aromatic rings. The second-order valence-electron chi connectivity index (χ2n) is 6.81. The molecule has 1 N–H and O–H groups in total. The number of anilines is 1. The number of hydrogen-bond acceptors (Lipinski definition) is 5. The molecule has 0 unspecified atom stereocenters. The molecule has 0 atom stereocenters. The molecule has 1 saturated carbocycles. The van der Waals surface area contributed by atoms with E-state index in [9.17, 15) is 9.59 Å². The number of thioether (sulfide) groups is 1. The molecule has 0 spiro atoms. The minimum Gasteiger partial charge on any atom is -0.493 e. The minimum absolute atomic E-state index is 0.0582. The summed E-state index contributed by atoms with van der Waals surface area (Å²) in [6, 6.07) is 12.8. The fraction of sp³-hybridized carbons (Fsp3) is 0.364. The summed E-state index contributed by atoms with van der Waals surface area (Å²) in [7, 11) is 1.50. The lowest BCUT2D eigenvalue weighted by Gasteiger charge is -2.12. The number of nitrogens with one attached hydrogen (secondary N) is 1. The van der Waals surface area contributed by atoms with Gasteiger partial charge in [-0.25, -0.2) is 0 Å². The van der Waals surface area contributed by atoms with Crippen LogP contribution in [0.4, 0.5) is 5.69 Å². The Morgan fingerprint density at radius 2 is 1.79 bits per heavy atom. The lowest BCUT2D eigenvalue weighted by Crippen LogP contribution is -2.20. The zero-order chi connectivity index (χ0) is 19.9. The monoisotopic (exact) mass is 399 g/mol. The summed E-state index contributed by atoms with van der Waals surface area (Å²) in [6.45, 7) is 1.34. The highest BCUT2D eigenvalue weighted by atomic mass is 32.2. The van der Waals surface area contributed by atoms with E-state index in [-0.39, 0.29) is 18.3 Å². The third-order valence-corrected chi connectivity index (χ3v) is 6.02. The smallest absolute Gasteiger partial charge is 0.262 e. The molecule has 28 heavy (non-hydrogen) atoms. The van der Waals surface area contributed by atoms with Crippen molar-refractivity contribution >= 4 is 29.1 Å². The maximum atomic E-state index is 12.2. The summed E-state index contributed by atoms with van der Waals surface area (Å²) in [6.07, 6.45) is 5.23. The second kappa shape index (κ2) is 9.64. The number of Topliss-reactive ketones (excluding diaryl/α,β-unsaturated/α-hetero) is 1. The van der Waals surface area contributed by atoms with E-state index in [0.717, 1.165) is 10.9 Å². The summed E-state index contributed by atoms with van der Waals surface area (Å²) >= 11 is 1.92. The molecule has 6 heteroatoms. The van der Waals surface area contributed by atoms with Gasteiger partial charge in [-0.15, -0.1) is 11.8 Å². The highest BCUT2D eigenvalue weighted by Gasteiger charge is 2.16. The van der Waals surface area contributed by atoms with Gasteiger partial charge in [0.25, 0.3) is 5.91 Å². The predicted molar refractivity (Wildman–Crippen MR) is 112 cm³/mol. The second-order valence-corrected chi connectivity index (χ2v) is 8.18. The summed E-state index contributed by atoms with van der Waals surface area (Å²) in [5.41, 5.74) is 1.27. The van der Waals surface area contributed by atoms with Gasteiger partial charge in [-0.05, 0) is 62.2 Å². The SMILES string of the molecule is COc1cc(C(C)=O)ccc1OCC(=O)Nc1ccc(SC2CCCC2)cc1. The number of rotatable bonds is 8. The van der Waals surface area contributed by atoms with Gasteiger partial charge in [0.2, 0.25) is 0 Å². The molecule has 0 heterocycles. The zero-order valence-corrected chi connectivity index (χ0v) is 17.0. The number of carbonyl (C=O) groups excluding carboxylic acids is 2. The van der Waals surface area contributed by atoms with Crippen molar-refractivity contribution in [1.82, 2.24) is 0 Å². The van der Waals surface area contributed by atoms with E-state index in [0.29, 0.717) is 17.1 Å². The molecule has 0 aromatic heterocycles. The summed E-state index contributed by atoms with van der Waals surface area (Å²) < 4.78 is 10.8. The van der Waals surface area contributed by atoms with Crippen molar-refractivity contribution in [3.05, 3.63) is 48.0 Å². The van der Waals surface area contributed by atoms with Gasteiger partial charge in [0.05, 0.1) is 7.11 Å². The molecule has 0 radical (unpaired) electrons. The normalized spacial score (nSPS) is 13.9. The maximum absolute atomic E-state index is 12.2. The largest absolute Gasteiger partial charge is 0.493 e. The Kier molecular flexibility index (Phi) is 6.98. The summed E-state index contributed by atoms with van der Waals surface area (Å²) in [5, 5.41) is 3.55. The highest BCUT2D eigenvalue weighted by molar-refractivity contribution is 8.00. The fourth-order valence-corrected chi connectivity index (χ4v) is 4.41. The van der Waals surface area contributed by atoms with Gasteiger partial charge >= 0.3 is 0 Å². The first-order valence-corrected chi connectivity index (χ1v) is 10.3. The van der Waals surface area contributed by atoms with E-state index in [4.69, 9.17) is 9.47 Å². The van der Waals surface area contributed by atoms with Crippen LogP contribution in [0.2, 0.25) is 0 Å². The topological polar surface area (TPSA) is 64.6 Å². The van der Waals surface area contributed by atoms with Gasteiger partial charge in [-0.1, -0.05) is 12.8 Å². The number of hydrogen-bond donors (Lipinski definition) is 1. The molecule has 0 bridgehead atoms. The van der Waals surface area contributed by atoms with Gasteiger partial charge < -0.3 is 14.8 Å². The van der Waals surface area contributed by atoms with E-state index < -0.39 is 0 Å². The van der Waals surface area contributed by atoms with E-state index in [1.165, 1.54) is 44.6 Å². The van der Waals surface area contributed by atoms with Crippen molar-refractivity contribution in [2.45, 2.75) is 42.8 Å². The van der Waals surface area contributed by atoms with Crippen LogP contribution in [0.3, 0.4) is 0 Å². The minimum atomic E-state index is -0.256. The highest BCUT2D eigenvalue weighted by Crippen LogP contribution is 2.35. The van der Waals surface area contributed by atoms with Crippen molar-refractivity contribution in [2.75, 3.05) is 19.0 Å². The Hall–Kier alpha value is -2.47. The number of carbonyl (C=O) groups is 2. The number of benzene rings is 2. The molecule has 3 rings (SSSR count). The van der Waals surface area contributed by atoms with E-state index in [2.05, 4.69) is 5.32 Å². The third-order valence-electron chi connectivity index (χ3n) is 4.67. The molecule has 1 aliphatic rings. The molecule has 1 amide bonds. The fourth-order valence-electron chi connectivity index (χ4n) is 3.16. The molecule has 0 saturated heterocycles. The number of ketones is 1. The standard InChI is InChI=1S/C22H25NO4S/c1-15(24)16-7-12-20(21(13-16)26-2)27-14-22(25)23-17-8-10-19(11-9-17)28-18-5-3-4-6-18/h7-13,18H,3-6,14H2,1-2H3,(H,23,25). The Morgan fingerprint density at radius 3 is 2.43 bits per heavy atom. The van der Waals surface area contributed by atoms with Crippen LogP contribution in [0, 0.1) is 0 Å². The number of amides is 1. The Morgan fingerprint density at radius 1 is 1.07 bits per heavy atom. The first-order valence-electron chi connectivity index (χ1n) is 9.43. The quantitative estimate of drug-likeness (QED) is 0.636. The van der Waals surface area contributed by atoms with Crippen molar-refractivity contribution in [2.24, 2.45) is 0 Å². The van der Waals surface area contributed by atoms with Crippen LogP contribution in [0.15, 0.2) is 47.4 Å². The number of methoxy groups -OCH3 is 1. The van der Waals surface area contributed by atoms with Crippen LogP contribution in [0.5, 0.6) is 11.5 Å². The first kappa shape index (κ1) is 20.3. The van der Waals surface area contributed by atoms with Crippen LogP contribution < -0.4 is 14.8 Å². The van der Waals surface area contributed by atoms with Gasteiger partial charge in [0, 0.05) is 21.4 Å². The van der Waals surface area contributed by atoms with Crippen LogP contribution in [-0.2, 0) is 4.79 Å². The lowest BCUT2D eigenvalue weighted by molar-refractivity contribution is -0.118. The molecular formula is C22H25NO4S. The Labute approximate surface area is 169 Å². The van der Waals surface area contributed by atoms with Crippen molar-refractivity contribution in [1.29, 1.82) is 0 Å². The molecular weight excluding hydrogens is 374 g/mol. The summed E-state index contributed by atoms with van der Waals surface area (Å²) in [5.74, 6) is 0.533. The predicted octanol–water partition coefficient (Wildman–Crippen LogP) is 4.95. The Bertz CT molecular complexity index is 829. The Balaban J connectivity index is 1.52. The van der Waals surface area contributed by atoms with Gasteiger partial charge in [0.1, 0.15) is 0 Å². The van der Waals surface area contributed by atoms with Gasteiger partial charge in [0.15, 0.2) is 23.9 Å². The van der Waals surface area contributed by atoms with Crippen molar-refractivity contribution in [3.8, 4) is 11.5 Å². The summed E-state index contributed by atoms with van der Waals surface area (Å²) in [4.78, 5) is 24.9. The van der Waals surface area contributed by atoms with Gasteiger partial charge in [-0.3, -0.25) is 9.59 Å². The lowest BCUT2D eigenvalue weighted by atomic mass is 10.1.